The van der Waals surface area contributed by atoms with Gasteiger partial charge in [0.1, 0.15) is 0 Å². The minimum absolute atomic E-state index is 0.0319. The van der Waals surface area contributed by atoms with E-state index >= 15 is 0 Å². The van der Waals surface area contributed by atoms with Gasteiger partial charge in [-0.25, -0.2) is 0 Å². The average Bonchev–Trinajstić information content (AvgIpc) is 2.87. The highest BCUT2D eigenvalue weighted by Crippen LogP contribution is 2.28. The monoisotopic (exact) mass is 244 g/mol. The van der Waals surface area contributed by atoms with Crippen LogP contribution in [-0.4, -0.2) is 22.6 Å². The summed E-state index contributed by atoms with van der Waals surface area (Å²) in [6.45, 7) is 1.53. The van der Waals surface area contributed by atoms with Gasteiger partial charge in [-0.3, -0.25) is 4.79 Å². The van der Waals surface area contributed by atoms with Gasteiger partial charge in [-0.05, 0) is 11.1 Å². The minimum Gasteiger partial charge on any atom is -0.363 e. The number of nitrogens with zero attached hydrogens (tertiary/aromatic N) is 2. The summed E-state index contributed by atoms with van der Waals surface area (Å²) in [6, 6.07) is 8.06. The van der Waals surface area contributed by atoms with E-state index in [2.05, 4.69) is 21.5 Å². The zero-order valence-corrected chi connectivity index (χ0v) is 9.59. The molecular formula is C12H12N4O2. The van der Waals surface area contributed by atoms with Gasteiger partial charge in [0.05, 0.1) is 5.92 Å². The molecule has 1 aliphatic heterocycles. The maximum atomic E-state index is 11.0. The normalized spacial score (nSPS) is 18.3. The van der Waals surface area contributed by atoms with Gasteiger partial charge in [0, 0.05) is 13.1 Å². The molecule has 92 valence electrons. The molecule has 18 heavy (non-hydrogen) atoms. The molecule has 1 aromatic heterocycles. The fourth-order valence-corrected chi connectivity index (χ4v) is 2.19. The molecule has 1 atom stereocenters. The first-order valence-corrected chi connectivity index (χ1v) is 5.67. The number of amides is 1. The quantitative estimate of drug-likeness (QED) is 0.797. The van der Waals surface area contributed by atoms with Crippen molar-refractivity contribution < 1.29 is 9.32 Å². The molecule has 1 unspecified atom stereocenters. The average molecular weight is 244 g/mol. The van der Waals surface area contributed by atoms with Gasteiger partial charge in [0.15, 0.2) is 0 Å². The lowest BCUT2D eigenvalue weighted by Gasteiger charge is -2.23. The van der Waals surface area contributed by atoms with Crippen molar-refractivity contribution in [2.75, 3.05) is 6.54 Å². The van der Waals surface area contributed by atoms with Crippen molar-refractivity contribution >= 4 is 5.91 Å². The molecule has 0 spiro atoms. The molecule has 0 saturated carbocycles. The Balaban J connectivity index is 2.00. The van der Waals surface area contributed by atoms with E-state index in [0.717, 1.165) is 12.1 Å². The van der Waals surface area contributed by atoms with Crippen molar-refractivity contribution in [2.24, 2.45) is 5.73 Å². The van der Waals surface area contributed by atoms with Crippen LogP contribution in [0.15, 0.2) is 28.8 Å². The summed E-state index contributed by atoms with van der Waals surface area (Å²) in [5.74, 6) is -0.367. The van der Waals surface area contributed by atoms with Crippen molar-refractivity contribution in [1.82, 2.24) is 15.5 Å². The summed E-state index contributed by atoms with van der Waals surface area (Å²) in [6.07, 6.45) is 0. The number of carbonyl (C=O) groups excluding carboxylic acids is 1. The van der Waals surface area contributed by atoms with Crippen molar-refractivity contribution in [3.8, 4) is 0 Å². The molecule has 1 aromatic carbocycles. The van der Waals surface area contributed by atoms with E-state index in [1.54, 1.807) is 0 Å². The third-order valence-electron chi connectivity index (χ3n) is 3.05. The summed E-state index contributed by atoms with van der Waals surface area (Å²) in [7, 11) is 0. The molecule has 6 nitrogen and oxygen atoms in total. The maximum absolute atomic E-state index is 11.0. The topological polar surface area (TPSA) is 94.0 Å². The number of primary amides is 1. The first-order valence-electron chi connectivity index (χ1n) is 5.67. The Morgan fingerprint density at radius 2 is 2.28 bits per heavy atom. The predicted molar refractivity (Wildman–Crippen MR) is 62.8 cm³/mol. The lowest BCUT2D eigenvalue weighted by molar-refractivity contribution is 0.0987. The number of hydrogen-bond acceptors (Lipinski definition) is 5. The molecule has 0 saturated heterocycles. The van der Waals surface area contributed by atoms with Crippen molar-refractivity contribution in [3.63, 3.8) is 0 Å². The summed E-state index contributed by atoms with van der Waals surface area (Å²) in [4.78, 5) is 15.0. The number of nitrogens with two attached hydrogens (primary N) is 1. The van der Waals surface area contributed by atoms with E-state index in [4.69, 9.17) is 10.3 Å². The molecular weight excluding hydrogens is 232 g/mol. The lowest BCUT2D eigenvalue weighted by Crippen LogP contribution is -2.29. The van der Waals surface area contributed by atoms with E-state index in [1.807, 2.05) is 18.2 Å². The molecule has 0 aliphatic carbocycles. The van der Waals surface area contributed by atoms with E-state index in [9.17, 15) is 4.79 Å². The molecule has 1 amide bonds. The molecule has 0 bridgehead atoms. The van der Waals surface area contributed by atoms with Gasteiger partial charge in [-0.2, -0.15) is 4.98 Å². The number of carbonyl (C=O) groups is 1. The Labute approximate surface area is 103 Å². The fraction of sp³-hybridized carbons (Fsp3) is 0.250. The van der Waals surface area contributed by atoms with Crippen LogP contribution in [0.4, 0.5) is 0 Å². The summed E-state index contributed by atoms with van der Waals surface area (Å²) in [5.41, 5.74) is 7.46. The van der Waals surface area contributed by atoms with Crippen LogP contribution in [0, 0.1) is 0 Å². The molecule has 2 aromatic rings. The van der Waals surface area contributed by atoms with E-state index in [0.29, 0.717) is 12.4 Å². The Kier molecular flexibility index (Phi) is 2.56. The van der Waals surface area contributed by atoms with Crippen molar-refractivity contribution in [1.29, 1.82) is 0 Å². The third kappa shape index (κ3) is 1.76. The van der Waals surface area contributed by atoms with Crippen LogP contribution >= 0.6 is 0 Å². The largest absolute Gasteiger partial charge is 0.363 e. The standard InChI is InChI=1S/C12H12N4O2/c13-10(17)11-15-12(18-16-11)9-6-14-5-7-3-1-2-4-8(7)9/h1-4,9,14H,5-6H2,(H2,13,17). The van der Waals surface area contributed by atoms with Gasteiger partial charge >= 0.3 is 0 Å². The van der Waals surface area contributed by atoms with E-state index < -0.39 is 5.91 Å². The highest BCUT2D eigenvalue weighted by Gasteiger charge is 2.26. The summed E-state index contributed by atoms with van der Waals surface area (Å²) >= 11 is 0. The van der Waals surface area contributed by atoms with Crippen LogP contribution in [-0.2, 0) is 6.54 Å². The summed E-state index contributed by atoms with van der Waals surface area (Å²) < 4.78 is 5.12. The Morgan fingerprint density at radius 3 is 3.06 bits per heavy atom. The SMILES string of the molecule is NC(=O)c1noc(C2CNCc3ccccc32)n1. The van der Waals surface area contributed by atoms with Gasteiger partial charge < -0.3 is 15.6 Å². The second-order valence-corrected chi connectivity index (χ2v) is 4.20. The molecule has 3 rings (SSSR count). The number of aromatic nitrogens is 2. The molecule has 0 radical (unpaired) electrons. The van der Waals surface area contributed by atoms with Crippen LogP contribution in [0.3, 0.4) is 0 Å². The summed E-state index contributed by atoms with van der Waals surface area (Å²) in [5, 5.41) is 6.86. The van der Waals surface area contributed by atoms with Crippen molar-refractivity contribution in [3.05, 3.63) is 47.1 Å². The Bertz CT molecular complexity index is 593. The van der Waals surface area contributed by atoms with Gasteiger partial charge in [0.25, 0.3) is 11.7 Å². The molecule has 6 heteroatoms. The first-order chi connectivity index (χ1) is 8.75. The van der Waals surface area contributed by atoms with Crippen LogP contribution in [0.2, 0.25) is 0 Å². The maximum Gasteiger partial charge on any atom is 0.290 e. The molecule has 2 heterocycles. The number of benzene rings is 1. The molecule has 3 N–H and O–H groups in total. The van der Waals surface area contributed by atoms with E-state index in [1.165, 1.54) is 5.56 Å². The van der Waals surface area contributed by atoms with Gasteiger partial charge in [-0.15, -0.1) is 0 Å². The predicted octanol–water partition coefficient (Wildman–Crippen LogP) is 0.404. The second kappa shape index (κ2) is 4.23. The van der Waals surface area contributed by atoms with Crippen LogP contribution in [0.25, 0.3) is 0 Å². The smallest absolute Gasteiger partial charge is 0.290 e. The van der Waals surface area contributed by atoms with Crippen LogP contribution in [0.1, 0.15) is 33.6 Å². The number of rotatable bonds is 2. The van der Waals surface area contributed by atoms with Gasteiger partial charge in [0.2, 0.25) is 5.89 Å². The Morgan fingerprint density at radius 1 is 1.44 bits per heavy atom. The fourth-order valence-electron chi connectivity index (χ4n) is 2.19. The van der Waals surface area contributed by atoms with Crippen LogP contribution in [0.5, 0.6) is 0 Å². The minimum atomic E-state index is -0.679. The number of fused-ring (bicyclic) bond motifs is 1. The zero-order valence-electron chi connectivity index (χ0n) is 9.59. The van der Waals surface area contributed by atoms with Crippen LogP contribution < -0.4 is 11.1 Å². The van der Waals surface area contributed by atoms with Crippen molar-refractivity contribution in [2.45, 2.75) is 12.5 Å². The molecule has 1 aliphatic rings. The first kappa shape index (κ1) is 10.9. The molecule has 0 fully saturated rings. The van der Waals surface area contributed by atoms with E-state index in [-0.39, 0.29) is 11.7 Å². The second-order valence-electron chi connectivity index (χ2n) is 4.20. The Hall–Kier alpha value is -2.21. The number of hydrogen-bond donors (Lipinski definition) is 2. The lowest BCUT2D eigenvalue weighted by atomic mass is 9.91. The highest BCUT2D eigenvalue weighted by atomic mass is 16.5. The highest BCUT2D eigenvalue weighted by molar-refractivity contribution is 5.88. The number of nitrogens with one attached hydrogen (secondary N) is 1. The zero-order chi connectivity index (χ0) is 12.5. The third-order valence-corrected chi connectivity index (χ3v) is 3.05. The van der Waals surface area contributed by atoms with Gasteiger partial charge in [-0.1, -0.05) is 29.4 Å².